The SMILES string of the molecule is CCCOCCOc1ccc(Br)c(C)c1C. The summed E-state index contributed by atoms with van der Waals surface area (Å²) in [7, 11) is 0. The Morgan fingerprint density at radius 1 is 1.06 bits per heavy atom. The van der Waals surface area contributed by atoms with Gasteiger partial charge in [-0.1, -0.05) is 22.9 Å². The molecule has 0 amide bonds. The average molecular weight is 287 g/mol. The first-order valence-corrected chi connectivity index (χ1v) is 6.42. The summed E-state index contributed by atoms with van der Waals surface area (Å²) in [5, 5.41) is 0. The summed E-state index contributed by atoms with van der Waals surface area (Å²) in [4.78, 5) is 0. The predicted molar refractivity (Wildman–Crippen MR) is 70.2 cm³/mol. The average Bonchev–Trinajstić information content (AvgIpc) is 2.28. The van der Waals surface area contributed by atoms with Crippen molar-refractivity contribution in [1.82, 2.24) is 0 Å². The molecule has 0 unspecified atom stereocenters. The third-order valence-corrected chi connectivity index (χ3v) is 3.36. The lowest BCUT2D eigenvalue weighted by Crippen LogP contribution is -2.08. The Morgan fingerprint density at radius 3 is 2.50 bits per heavy atom. The van der Waals surface area contributed by atoms with Crippen molar-refractivity contribution in [2.45, 2.75) is 27.2 Å². The molecular formula is C13H19BrO2. The van der Waals surface area contributed by atoms with Crippen molar-refractivity contribution in [2.75, 3.05) is 19.8 Å². The minimum Gasteiger partial charge on any atom is -0.491 e. The fourth-order valence-corrected chi connectivity index (χ4v) is 1.81. The summed E-state index contributed by atoms with van der Waals surface area (Å²) in [5.41, 5.74) is 2.41. The van der Waals surface area contributed by atoms with Gasteiger partial charge in [0.15, 0.2) is 0 Å². The van der Waals surface area contributed by atoms with Crippen LogP contribution in [0.4, 0.5) is 0 Å². The van der Waals surface area contributed by atoms with E-state index in [9.17, 15) is 0 Å². The van der Waals surface area contributed by atoms with Crippen LogP contribution in [0.2, 0.25) is 0 Å². The molecule has 0 spiro atoms. The van der Waals surface area contributed by atoms with E-state index >= 15 is 0 Å². The molecule has 3 heteroatoms. The van der Waals surface area contributed by atoms with E-state index in [1.807, 2.05) is 12.1 Å². The van der Waals surface area contributed by atoms with Crippen molar-refractivity contribution in [3.8, 4) is 5.75 Å². The Balaban J connectivity index is 2.45. The van der Waals surface area contributed by atoms with E-state index in [4.69, 9.17) is 9.47 Å². The van der Waals surface area contributed by atoms with Crippen molar-refractivity contribution in [3.05, 3.63) is 27.7 Å². The highest BCUT2D eigenvalue weighted by atomic mass is 79.9. The zero-order chi connectivity index (χ0) is 12.0. The van der Waals surface area contributed by atoms with E-state index in [1.54, 1.807) is 0 Å². The predicted octanol–water partition coefficient (Wildman–Crippen LogP) is 3.87. The maximum absolute atomic E-state index is 5.67. The molecule has 2 nitrogen and oxygen atoms in total. The summed E-state index contributed by atoms with van der Waals surface area (Å²) >= 11 is 3.50. The van der Waals surface area contributed by atoms with E-state index in [0.717, 1.165) is 23.2 Å². The highest BCUT2D eigenvalue weighted by molar-refractivity contribution is 9.10. The van der Waals surface area contributed by atoms with Crippen LogP contribution in [0.25, 0.3) is 0 Å². The van der Waals surface area contributed by atoms with Crippen molar-refractivity contribution in [1.29, 1.82) is 0 Å². The van der Waals surface area contributed by atoms with Crippen LogP contribution in [0.5, 0.6) is 5.75 Å². The highest BCUT2D eigenvalue weighted by Gasteiger charge is 2.05. The fourth-order valence-electron chi connectivity index (χ4n) is 1.38. The summed E-state index contributed by atoms with van der Waals surface area (Å²) in [6, 6.07) is 4.01. The number of hydrogen-bond acceptors (Lipinski definition) is 2. The number of benzene rings is 1. The molecule has 0 aliphatic rings. The van der Waals surface area contributed by atoms with Crippen LogP contribution in [0.15, 0.2) is 16.6 Å². The Morgan fingerprint density at radius 2 is 1.81 bits per heavy atom. The zero-order valence-corrected chi connectivity index (χ0v) is 11.8. The van der Waals surface area contributed by atoms with Crippen molar-refractivity contribution in [2.24, 2.45) is 0 Å². The Kier molecular flexibility index (Phi) is 5.85. The van der Waals surface area contributed by atoms with E-state index in [1.165, 1.54) is 11.1 Å². The smallest absolute Gasteiger partial charge is 0.122 e. The molecule has 0 saturated heterocycles. The monoisotopic (exact) mass is 286 g/mol. The lowest BCUT2D eigenvalue weighted by atomic mass is 10.1. The topological polar surface area (TPSA) is 18.5 Å². The first-order chi connectivity index (χ1) is 7.66. The molecule has 0 heterocycles. The number of rotatable bonds is 6. The van der Waals surface area contributed by atoms with Gasteiger partial charge in [0.05, 0.1) is 6.61 Å². The van der Waals surface area contributed by atoms with E-state index in [2.05, 4.69) is 36.7 Å². The van der Waals surface area contributed by atoms with Gasteiger partial charge in [-0.15, -0.1) is 0 Å². The Hall–Kier alpha value is -0.540. The third-order valence-electron chi connectivity index (χ3n) is 2.51. The van der Waals surface area contributed by atoms with Gasteiger partial charge >= 0.3 is 0 Å². The van der Waals surface area contributed by atoms with Crippen LogP contribution in [0.3, 0.4) is 0 Å². The van der Waals surface area contributed by atoms with Crippen LogP contribution in [0, 0.1) is 13.8 Å². The molecule has 90 valence electrons. The molecule has 1 aromatic rings. The van der Waals surface area contributed by atoms with Gasteiger partial charge in [-0.25, -0.2) is 0 Å². The second-order valence-corrected chi connectivity index (χ2v) is 4.61. The minimum atomic E-state index is 0.613. The first kappa shape index (κ1) is 13.5. The van der Waals surface area contributed by atoms with Gasteiger partial charge < -0.3 is 9.47 Å². The van der Waals surface area contributed by atoms with Gasteiger partial charge in [0.25, 0.3) is 0 Å². The van der Waals surface area contributed by atoms with Crippen LogP contribution in [0.1, 0.15) is 24.5 Å². The van der Waals surface area contributed by atoms with Crippen molar-refractivity contribution >= 4 is 15.9 Å². The standard InChI is InChI=1S/C13H19BrO2/c1-4-7-15-8-9-16-13-6-5-12(14)10(2)11(13)3/h5-6H,4,7-9H2,1-3H3. The van der Waals surface area contributed by atoms with Gasteiger partial charge in [0.2, 0.25) is 0 Å². The molecule has 0 aliphatic heterocycles. The molecule has 0 bridgehead atoms. The van der Waals surface area contributed by atoms with Crippen LogP contribution < -0.4 is 4.74 Å². The zero-order valence-electron chi connectivity index (χ0n) is 10.2. The molecule has 0 fully saturated rings. The summed E-state index contributed by atoms with van der Waals surface area (Å²) in [6.07, 6.45) is 1.05. The maximum Gasteiger partial charge on any atom is 0.122 e. The molecule has 0 saturated carbocycles. The number of halogens is 1. The number of hydrogen-bond donors (Lipinski definition) is 0. The summed E-state index contributed by atoms with van der Waals surface area (Å²) in [6.45, 7) is 8.33. The molecular weight excluding hydrogens is 268 g/mol. The van der Waals surface area contributed by atoms with E-state index in [-0.39, 0.29) is 0 Å². The first-order valence-electron chi connectivity index (χ1n) is 5.63. The van der Waals surface area contributed by atoms with Gasteiger partial charge in [-0.2, -0.15) is 0 Å². The molecule has 0 N–H and O–H groups in total. The quantitative estimate of drug-likeness (QED) is 0.739. The summed E-state index contributed by atoms with van der Waals surface area (Å²) in [5.74, 6) is 0.945. The lowest BCUT2D eigenvalue weighted by Gasteiger charge is -2.12. The second kappa shape index (κ2) is 6.92. The van der Waals surface area contributed by atoms with Crippen molar-refractivity contribution < 1.29 is 9.47 Å². The largest absolute Gasteiger partial charge is 0.491 e. The normalized spacial score (nSPS) is 10.5. The molecule has 0 aromatic heterocycles. The van der Waals surface area contributed by atoms with Crippen molar-refractivity contribution in [3.63, 3.8) is 0 Å². The molecule has 0 aliphatic carbocycles. The Labute approximate surface area is 106 Å². The van der Waals surface area contributed by atoms with Crippen LogP contribution in [-0.2, 0) is 4.74 Å². The number of ether oxygens (including phenoxy) is 2. The second-order valence-electron chi connectivity index (χ2n) is 3.76. The molecule has 0 atom stereocenters. The minimum absolute atomic E-state index is 0.613. The van der Waals surface area contributed by atoms with Gasteiger partial charge in [0.1, 0.15) is 12.4 Å². The summed E-state index contributed by atoms with van der Waals surface area (Å²) < 4.78 is 12.2. The molecule has 0 radical (unpaired) electrons. The highest BCUT2D eigenvalue weighted by Crippen LogP contribution is 2.27. The van der Waals surface area contributed by atoms with Crippen LogP contribution in [-0.4, -0.2) is 19.8 Å². The van der Waals surface area contributed by atoms with E-state index < -0.39 is 0 Å². The maximum atomic E-state index is 5.67. The van der Waals surface area contributed by atoms with Gasteiger partial charge in [0, 0.05) is 11.1 Å². The van der Waals surface area contributed by atoms with Gasteiger partial charge in [-0.3, -0.25) is 0 Å². The molecule has 1 aromatic carbocycles. The van der Waals surface area contributed by atoms with Crippen LogP contribution >= 0.6 is 15.9 Å². The van der Waals surface area contributed by atoms with E-state index in [0.29, 0.717) is 13.2 Å². The molecule has 16 heavy (non-hydrogen) atoms. The molecule has 1 rings (SSSR count). The van der Waals surface area contributed by atoms with Gasteiger partial charge in [-0.05, 0) is 43.5 Å². The Bertz CT molecular complexity index is 337. The lowest BCUT2D eigenvalue weighted by molar-refractivity contribution is 0.100. The fraction of sp³-hybridized carbons (Fsp3) is 0.538. The third kappa shape index (κ3) is 3.80.